The molecule has 0 aliphatic carbocycles. The highest BCUT2D eigenvalue weighted by atomic mass is 32.2. The van der Waals surface area contributed by atoms with Crippen LogP contribution in [0.25, 0.3) is 44.5 Å². The van der Waals surface area contributed by atoms with E-state index in [0.29, 0.717) is 28.3 Å². The van der Waals surface area contributed by atoms with E-state index in [0.717, 1.165) is 27.5 Å². The minimum atomic E-state index is -3.52. The molecule has 0 aliphatic heterocycles. The lowest BCUT2D eigenvalue weighted by Gasteiger charge is -2.15. The quantitative estimate of drug-likeness (QED) is 0.364. The Bertz CT molecular complexity index is 1860. The number of aromatic nitrogens is 7. The SMILES string of the molecule is Cn1ccc2ccc(-c3cc(Nc4cc(-c5nn[nH]n5)ccc4S(C)(=O)=O)cc4nccnc34)cc21. The Morgan fingerprint density at radius 2 is 1.78 bits per heavy atom. The van der Waals surface area contributed by atoms with Crippen molar-refractivity contribution in [1.82, 2.24) is 35.2 Å². The first kappa shape index (κ1) is 21.9. The predicted octanol–water partition coefficient (Wildman–Crippen LogP) is 4.12. The van der Waals surface area contributed by atoms with Gasteiger partial charge in [-0.1, -0.05) is 12.1 Å². The summed E-state index contributed by atoms with van der Waals surface area (Å²) in [5, 5.41) is 18.4. The van der Waals surface area contributed by atoms with Crippen LogP contribution in [0.4, 0.5) is 11.4 Å². The molecule has 3 aromatic carbocycles. The van der Waals surface area contributed by atoms with Crippen LogP contribution in [0.1, 0.15) is 0 Å². The van der Waals surface area contributed by atoms with E-state index < -0.39 is 9.84 Å². The number of H-pyrrole nitrogens is 1. The third kappa shape index (κ3) is 3.85. The van der Waals surface area contributed by atoms with Crippen LogP contribution < -0.4 is 5.32 Å². The van der Waals surface area contributed by atoms with Crippen molar-refractivity contribution < 1.29 is 8.42 Å². The van der Waals surface area contributed by atoms with E-state index in [1.807, 2.05) is 31.4 Å². The molecule has 10 nitrogen and oxygen atoms in total. The average Bonchev–Trinajstić information content (AvgIpc) is 3.53. The third-order valence-electron chi connectivity index (χ3n) is 6.03. The van der Waals surface area contributed by atoms with Gasteiger partial charge in [-0.2, -0.15) is 5.21 Å². The van der Waals surface area contributed by atoms with Crippen LogP contribution in [0.3, 0.4) is 0 Å². The molecule has 0 saturated carbocycles. The molecule has 36 heavy (non-hydrogen) atoms. The number of anilines is 2. The van der Waals surface area contributed by atoms with Crippen molar-refractivity contribution in [3.05, 3.63) is 73.2 Å². The topological polar surface area (TPSA) is 131 Å². The average molecular weight is 497 g/mol. The van der Waals surface area contributed by atoms with Crippen LogP contribution in [0.5, 0.6) is 0 Å². The molecule has 0 bridgehead atoms. The van der Waals surface area contributed by atoms with E-state index in [1.165, 1.54) is 12.3 Å². The number of nitrogens with zero attached hydrogens (tertiary/aromatic N) is 6. The molecular weight excluding hydrogens is 476 g/mol. The highest BCUT2D eigenvalue weighted by Crippen LogP contribution is 2.35. The zero-order chi connectivity index (χ0) is 24.9. The summed E-state index contributed by atoms with van der Waals surface area (Å²) in [7, 11) is -1.52. The monoisotopic (exact) mass is 496 g/mol. The smallest absolute Gasteiger partial charge is 0.204 e. The number of aryl methyl sites for hydroxylation is 1. The van der Waals surface area contributed by atoms with Crippen LogP contribution in [0, 0.1) is 0 Å². The van der Waals surface area contributed by atoms with Gasteiger partial charge in [0.1, 0.15) is 0 Å². The standard InChI is InChI=1S/C25H20N8O2S/c1-33-10-7-15-3-4-16(12-22(15)33)19-13-18(14-21-24(19)27-9-8-26-21)28-20-11-17(25-29-31-32-30-25)5-6-23(20)36(2,34)35/h3-14,28H,1-2H3,(H,29,30,31,32). The third-order valence-corrected chi connectivity index (χ3v) is 7.19. The highest BCUT2D eigenvalue weighted by molar-refractivity contribution is 7.90. The second-order valence-corrected chi connectivity index (χ2v) is 10.5. The van der Waals surface area contributed by atoms with E-state index in [-0.39, 0.29) is 4.90 Å². The Hall–Kier alpha value is -4.64. The van der Waals surface area contributed by atoms with Gasteiger partial charge in [-0.25, -0.2) is 8.42 Å². The van der Waals surface area contributed by atoms with Crippen LogP contribution in [-0.2, 0) is 16.9 Å². The minimum Gasteiger partial charge on any atom is -0.354 e. The van der Waals surface area contributed by atoms with Crippen LogP contribution >= 0.6 is 0 Å². The molecule has 0 fully saturated rings. The van der Waals surface area contributed by atoms with E-state index in [4.69, 9.17) is 0 Å². The van der Waals surface area contributed by atoms with Gasteiger partial charge in [-0.3, -0.25) is 9.97 Å². The zero-order valence-corrected chi connectivity index (χ0v) is 20.2. The molecule has 0 unspecified atom stereocenters. The maximum Gasteiger partial charge on any atom is 0.204 e. The summed E-state index contributed by atoms with van der Waals surface area (Å²) in [6, 6.07) is 17.0. The molecular formula is C25H20N8O2S. The number of benzene rings is 3. The molecule has 0 aliphatic rings. The summed E-state index contributed by atoms with van der Waals surface area (Å²) in [6.45, 7) is 0. The summed E-state index contributed by atoms with van der Waals surface area (Å²) in [4.78, 5) is 9.24. The molecule has 0 spiro atoms. The summed E-state index contributed by atoms with van der Waals surface area (Å²) < 4.78 is 27.2. The predicted molar refractivity (Wildman–Crippen MR) is 137 cm³/mol. The maximum absolute atomic E-state index is 12.6. The number of tetrazole rings is 1. The van der Waals surface area contributed by atoms with E-state index >= 15 is 0 Å². The fourth-order valence-corrected chi connectivity index (χ4v) is 5.15. The summed E-state index contributed by atoms with van der Waals surface area (Å²) in [5.74, 6) is 0.360. The first-order chi connectivity index (χ1) is 17.4. The Kier molecular flexibility index (Phi) is 5.00. The van der Waals surface area contributed by atoms with Crippen molar-refractivity contribution in [2.45, 2.75) is 4.90 Å². The molecule has 3 aromatic heterocycles. The number of rotatable bonds is 5. The van der Waals surface area contributed by atoms with E-state index in [1.54, 1.807) is 24.5 Å². The van der Waals surface area contributed by atoms with Gasteiger partial charge in [0.05, 0.1) is 21.6 Å². The molecule has 0 amide bonds. The molecule has 178 valence electrons. The van der Waals surface area contributed by atoms with Crippen LogP contribution in [0.15, 0.2) is 78.1 Å². The van der Waals surface area contributed by atoms with Crippen molar-refractivity contribution in [2.24, 2.45) is 7.05 Å². The molecule has 6 aromatic rings. The lowest BCUT2D eigenvalue weighted by Crippen LogP contribution is -2.04. The number of fused-ring (bicyclic) bond motifs is 2. The van der Waals surface area contributed by atoms with Gasteiger partial charge in [0.25, 0.3) is 0 Å². The number of nitrogens with one attached hydrogen (secondary N) is 2. The molecule has 0 saturated heterocycles. The Morgan fingerprint density at radius 1 is 0.944 bits per heavy atom. The lowest BCUT2D eigenvalue weighted by atomic mass is 10.0. The molecule has 0 radical (unpaired) electrons. The number of sulfone groups is 1. The van der Waals surface area contributed by atoms with E-state index in [9.17, 15) is 8.42 Å². The van der Waals surface area contributed by atoms with Gasteiger partial charge in [-0.15, -0.1) is 10.2 Å². The van der Waals surface area contributed by atoms with Gasteiger partial charge in [0.15, 0.2) is 9.84 Å². The Balaban J connectivity index is 1.52. The normalized spacial score (nSPS) is 11.8. The first-order valence-corrected chi connectivity index (χ1v) is 12.9. The van der Waals surface area contributed by atoms with Gasteiger partial charge >= 0.3 is 0 Å². The first-order valence-electron chi connectivity index (χ1n) is 11.0. The summed E-state index contributed by atoms with van der Waals surface area (Å²) in [5.41, 5.74) is 6.06. The largest absolute Gasteiger partial charge is 0.354 e. The number of aromatic amines is 1. The molecule has 0 atom stereocenters. The van der Waals surface area contributed by atoms with Gasteiger partial charge in [0, 0.05) is 54.2 Å². The summed E-state index contributed by atoms with van der Waals surface area (Å²) in [6.07, 6.45) is 6.49. The fraction of sp³-hybridized carbons (Fsp3) is 0.0800. The molecule has 3 heterocycles. The highest BCUT2D eigenvalue weighted by Gasteiger charge is 2.17. The fourth-order valence-electron chi connectivity index (χ4n) is 4.33. The van der Waals surface area contributed by atoms with Crippen LogP contribution in [0.2, 0.25) is 0 Å². The number of hydrogen-bond acceptors (Lipinski definition) is 8. The van der Waals surface area contributed by atoms with Crippen molar-refractivity contribution in [3.8, 4) is 22.5 Å². The second-order valence-electron chi connectivity index (χ2n) is 8.49. The van der Waals surface area contributed by atoms with E-state index in [2.05, 4.69) is 58.7 Å². The second kappa shape index (κ2) is 8.24. The maximum atomic E-state index is 12.6. The van der Waals surface area contributed by atoms with Gasteiger partial charge in [0.2, 0.25) is 5.82 Å². The Labute approximate surface area is 206 Å². The minimum absolute atomic E-state index is 0.153. The molecule has 11 heteroatoms. The summed E-state index contributed by atoms with van der Waals surface area (Å²) >= 11 is 0. The van der Waals surface area contributed by atoms with Gasteiger partial charge in [-0.05, 0) is 58.6 Å². The van der Waals surface area contributed by atoms with Crippen molar-refractivity contribution >= 4 is 43.1 Å². The van der Waals surface area contributed by atoms with Crippen molar-refractivity contribution in [2.75, 3.05) is 11.6 Å². The molecule has 6 rings (SSSR count). The number of hydrogen-bond donors (Lipinski definition) is 2. The Morgan fingerprint density at radius 3 is 2.58 bits per heavy atom. The van der Waals surface area contributed by atoms with Crippen LogP contribution in [-0.4, -0.2) is 49.8 Å². The zero-order valence-electron chi connectivity index (χ0n) is 19.3. The van der Waals surface area contributed by atoms with Gasteiger partial charge < -0.3 is 9.88 Å². The lowest BCUT2D eigenvalue weighted by molar-refractivity contribution is 0.602. The molecule has 2 N–H and O–H groups in total. The van der Waals surface area contributed by atoms with Crippen molar-refractivity contribution in [1.29, 1.82) is 0 Å². The van der Waals surface area contributed by atoms with Crippen molar-refractivity contribution in [3.63, 3.8) is 0 Å².